The summed E-state index contributed by atoms with van der Waals surface area (Å²) >= 11 is 1.73. The van der Waals surface area contributed by atoms with Crippen molar-refractivity contribution in [2.75, 3.05) is 18.8 Å². The molecule has 1 heterocycles. The van der Waals surface area contributed by atoms with E-state index in [0.717, 1.165) is 29.1 Å². The average Bonchev–Trinajstić information content (AvgIpc) is 3.00. The van der Waals surface area contributed by atoms with Crippen molar-refractivity contribution >= 4 is 29.6 Å². The van der Waals surface area contributed by atoms with Crippen molar-refractivity contribution in [3.8, 4) is 0 Å². The monoisotopic (exact) mass is 425 g/mol. The minimum absolute atomic E-state index is 0.269. The fraction of sp³-hybridized carbons (Fsp3) is 0.348. The molecule has 1 fully saturated rings. The number of hydrogen-bond donors (Lipinski definition) is 2. The van der Waals surface area contributed by atoms with Gasteiger partial charge < -0.3 is 10.6 Å². The minimum Gasteiger partial charge on any atom is -0.355 e. The lowest BCUT2D eigenvalue weighted by molar-refractivity contribution is -0.135. The molecule has 30 heavy (non-hydrogen) atoms. The number of rotatable bonds is 10. The lowest BCUT2D eigenvalue weighted by Gasteiger charge is -2.26. The van der Waals surface area contributed by atoms with E-state index >= 15 is 0 Å². The molecule has 1 atom stereocenters. The summed E-state index contributed by atoms with van der Waals surface area (Å²) in [6.07, 6.45) is 2.01. The average molecular weight is 426 g/mol. The van der Waals surface area contributed by atoms with Gasteiger partial charge in [-0.2, -0.15) is 0 Å². The molecule has 0 saturated carbocycles. The Morgan fingerprint density at radius 2 is 1.73 bits per heavy atom. The predicted molar refractivity (Wildman–Crippen MR) is 118 cm³/mol. The number of carbonyl (C=O) groups is 3. The summed E-state index contributed by atoms with van der Waals surface area (Å²) < 4.78 is 0. The van der Waals surface area contributed by atoms with E-state index in [-0.39, 0.29) is 18.4 Å². The molecule has 0 aliphatic carbocycles. The van der Waals surface area contributed by atoms with Gasteiger partial charge >= 0.3 is 6.03 Å². The predicted octanol–water partition coefficient (Wildman–Crippen LogP) is 3.53. The summed E-state index contributed by atoms with van der Waals surface area (Å²) in [6, 6.07) is 18.8. The Morgan fingerprint density at radius 1 is 1.07 bits per heavy atom. The molecule has 3 rings (SSSR count). The highest BCUT2D eigenvalue weighted by atomic mass is 32.2. The molecule has 2 N–H and O–H groups in total. The second kappa shape index (κ2) is 10.3. The molecule has 6 nitrogen and oxygen atoms in total. The van der Waals surface area contributed by atoms with Crippen molar-refractivity contribution in [3.05, 3.63) is 66.2 Å². The van der Waals surface area contributed by atoms with E-state index in [2.05, 4.69) is 22.8 Å². The summed E-state index contributed by atoms with van der Waals surface area (Å²) in [5.74, 6) is 0.181. The van der Waals surface area contributed by atoms with E-state index in [0.29, 0.717) is 13.0 Å². The van der Waals surface area contributed by atoms with E-state index in [1.807, 2.05) is 55.5 Å². The molecule has 0 bridgehead atoms. The van der Waals surface area contributed by atoms with Crippen LogP contribution in [0.15, 0.2) is 65.6 Å². The maximum atomic E-state index is 13.2. The summed E-state index contributed by atoms with van der Waals surface area (Å²) in [5, 5.41) is 5.65. The molecule has 1 saturated heterocycles. The number of amides is 4. The Balaban J connectivity index is 1.52. The summed E-state index contributed by atoms with van der Waals surface area (Å²) in [4.78, 5) is 40.2. The molecule has 4 amide bonds. The summed E-state index contributed by atoms with van der Waals surface area (Å²) in [7, 11) is 0. The van der Waals surface area contributed by atoms with E-state index in [1.54, 1.807) is 11.8 Å². The van der Waals surface area contributed by atoms with Gasteiger partial charge in [-0.15, -0.1) is 11.8 Å². The standard InChI is InChI=1S/C23H27N3O3S/c1-2-14-23(18-10-5-3-6-11-18)21(28)26(22(29)25-23)17-20(27)24-15-9-16-30-19-12-7-4-8-13-19/h3-8,10-13H,2,9,14-17H2,1H3,(H,24,27)(H,25,29)/t23-/m0/s1. The molecule has 2 aromatic carbocycles. The van der Waals surface area contributed by atoms with E-state index < -0.39 is 11.6 Å². The molecule has 2 aromatic rings. The highest BCUT2D eigenvalue weighted by molar-refractivity contribution is 7.99. The van der Waals surface area contributed by atoms with Gasteiger partial charge in [-0.05, 0) is 36.3 Å². The van der Waals surface area contributed by atoms with Crippen molar-refractivity contribution in [3.63, 3.8) is 0 Å². The molecule has 0 aromatic heterocycles. The van der Waals surface area contributed by atoms with Crippen LogP contribution < -0.4 is 10.6 Å². The fourth-order valence-electron chi connectivity index (χ4n) is 3.58. The smallest absolute Gasteiger partial charge is 0.325 e. The SMILES string of the molecule is CCC[C@@]1(c2ccccc2)NC(=O)N(CC(=O)NCCCSc2ccccc2)C1=O. The molecular formula is C23H27N3O3S. The van der Waals surface area contributed by atoms with Crippen molar-refractivity contribution in [1.29, 1.82) is 0 Å². The third-order valence-electron chi connectivity index (χ3n) is 5.02. The molecule has 1 aliphatic heterocycles. The number of hydrogen-bond acceptors (Lipinski definition) is 4. The molecule has 1 aliphatic rings. The third-order valence-corrected chi connectivity index (χ3v) is 6.12. The van der Waals surface area contributed by atoms with Gasteiger partial charge in [0.15, 0.2) is 0 Å². The Bertz CT molecular complexity index is 876. The van der Waals surface area contributed by atoms with Crippen molar-refractivity contribution < 1.29 is 14.4 Å². The minimum atomic E-state index is -1.10. The van der Waals surface area contributed by atoms with Crippen LogP contribution in [0.4, 0.5) is 4.79 Å². The topological polar surface area (TPSA) is 78.5 Å². The Kier molecular flexibility index (Phi) is 7.52. The van der Waals surface area contributed by atoms with Crippen LogP contribution in [0.5, 0.6) is 0 Å². The summed E-state index contributed by atoms with van der Waals surface area (Å²) in [5.41, 5.74) is -0.356. The highest BCUT2D eigenvalue weighted by Gasteiger charge is 2.52. The van der Waals surface area contributed by atoms with Gasteiger partial charge in [0.05, 0.1) is 0 Å². The number of thioether (sulfide) groups is 1. The Hall–Kier alpha value is -2.80. The molecule has 158 valence electrons. The van der Waals surface area contributed by atoms with Crippen LogP contribution in [0.3, 0.4) is 0 Å². The second-order valence-corrected chi connectivity index (χ2v) is 8.38. The van der Waals surface area contributed by atoms with E-state index in [4.69, 9.17) is 0 Å². The van der Waals surface area contributed by atoms with Gasteiger partial charge in [-0.3, -0.25) is 14.5 Å². The number of carbonyl (C=O) groups excluding carboxylic acids is 3. The van der Waals surface area contributed by atoms with Gasteiger partial charge in [0.1, 0.15) is 12.1 Å². The van der Waals surface area contributed by atoms with Crippen LogP contribution in [0.1, 0.15) is 31.7 Å². The maximum absolute atomic E-state index is 13.2. The first-order valence-corrected chi connectivity index (χ1v) is 11.2. The number of benzene rings is 2. The first-order valence-electron chi connectivity index (χ1n) is 10.2. The van der Waals surface area contributed by atoms with Gasteiger partial charge in [-0.1, -0.05) is 61.9 Å². The quantitative estimate of drug-likeness (QED) is 0.347. The Labute approximate surface area is 181 Å². The number of urea groups is 1. The second-order valence-electron chi connectivity index (χ2n) is 7.21. The normalized spacial score (nSPS) is 18.4. The molecule has 7 heteroatoms. The van der Waals surface area contributed by atoms with Crippen LogP contribution in [0.2, 0.25) is 0 Å². The maximum Gasteiger partial charge on any atom is 0.325 e. The largest absolute Gasteiger partial charge is 0.355 e. The van der Waals surface area contributed by atoms with Crippen LogP contribution in [0.25, 0.3) is 0 Å². The van der Waals surface area contributed by atoms with Crippen LogP contribution in [0, 0.1) is 0 Å². The van der Waals surface area contributed by atoms with E-state index in [1.165, 1.54) is 4.90 Å². The zero-order chi connectivity index (χ0) is 21.4. The lowest BCUT2D eigenvalue weighted by Crippen LogP contribution is -2.45. The van der Waals surface area contributed by atoms with Crippen molar-refractivity contribution in [2.24, 2.45) is 0 Å². The van der Waals surface area contributed by atoms with E-state index in [9.17, 15) is 14.4 Å². The van der Waals surface area contributed by atoms with Gasteiger partial charge in [0.2, 0.25) is 5.91 Å². The van der Waals surface area contributed by atoms with Crippen LogP contribution in [-0.2, 0) is 15.1 Å². The highest BCUT2D eigenvalue weighted by Crippen LogP contribution is 2.33. The number of imide groups is 1. The zero-order valence-corrected chi connectivity index (χ0v) is 17.9. The zero-order valence-electron chi connectivity index (χ0n) is 17.1. The number of nitrogens with zero attached hydrogens (tertiary/aromatic N) is 1. The van der Waals surface area contributed by atoms with Gasteiger partial charge in [-0.25, -0.2) is 4.79 Å². The molecule has 0 radical (unpaired) electrons. The lowest BCUT2D eigenvalue weighted by atomic mass is 9.85. The third kappa shape index (κ3) is 5.02. The molecular weight excluding hydrogens is 398 g/mol. The van der Waals surface area contributed by atoms with Gasteiger partial charge in [0, 0.05) is 11.4 Å². The van der Waals surface area contributed by atoms with Crippen molar-refractivity contribution in [2.45, 2.75) is 36.6 Å². The molecule has 0 unspecified atom stereocenters. The Morgan fingerprint density at radius 3 is 2.40 bits per heavy atom. The number of nitrogens with one attached hydrogen (secondary N) is 2. The molecule has 0 spiro atoms. The summed E-state index contributed by atoms with van der Waals surface area (Å²) in [6.45, 7) is 2.20. The van der Waals surface area contributed by atoms with Crippen LogP contribution >= 0.6 is 11.8 Å². The fourth-order valence-corrected chi connectivity index (χ4v) is 4.46. The first kappa shape index (κ1) is 21.9. The van der Waals surface area contributed by atoms with Crippen molar-refractivity contribution in [1.82, 2.24) is 15.5 Å². The first-order chi connectivity index (χ1) is 14.6. The van der Waals surface area contributed by atoms with Gasteiger partial charge in [0.25, 0.3) is 5.91 Å². The van der Waals surface area contributed by atoms with Crippen LogP contribution in [-0.4, -0.2) is 41.6 Å².